The Labute approximate surface area is 223 Å². The number of nitrogens with one attached hydrogen (secondary N) is 1. The average molecular weight is 564 g/mol. The zero-order chi connectivity index (χ0) is 26.0. The molecule has 0 bridgehead atoms. The zero-order valence-electron chi connectivity index (χ0n) is 20.9. The largest absolute Gasteiger partial charge is 0.495 e. The SMILES string of the molecule is COc1cc(S(=O)(=O)N2CCC(c3nc4ccccc4s3)CC2)ccc1S(=O)(=O)NC1CCCCCC1. The molecule has 0 spiro atoms. The first-order valence-electron chi connectivity index (χ1n) is 12.8. The molecule has 5 rings (SSSR count). The summed E-state index contributed by atoms with van der Waals surface area (Å²) in [7, 11) is -6.28. The van der Waals surface area contributed by atoms with Gasteiger partial charge in [-0.25, -0.2) is 26.5 Å². The van der Waals surface area contributed by atoms with Gasteiger partial charge in [0, 0.05) is 31.1 Å². The van der Waals surface area contributed by atoms with E-state index in [-0.39, 0.29) is 27.5 Å². The van der Waals surface area contributed by atoms with Crippen LogP contribution in [0.15, 0.2) is 52.3 Å². The van der Waals surface area contributed by atoms with Crippen molar-refractivity contribution < 1.29 is 21.6 Å². The smallest absolute Gasteiger partial charge is 0.244 e. The number of benzene rings is 2. The van der Waals surface area contributed by atoms with E-state index in [2.05, 4.69) is 10.8 Å². The molecule has 1 N–H and O–H groups in total. The van der Waals surface area contributed by atoms with Crippen molar-refractivity contribution >= 4 is 41.6 Å². The molecule has 0 radical (unpaired) electrons. The van der Waals surface area contributed by atoms with Crippen LogP contribution in [0.2, 0.25) is 0 Å². The van der Waals surface area contributed by atoms with Gasteiger partial charge in [-0.2, -0.15) is 4.31 Å². The van der Waals surface area contributed by atoms with Crippen LogP contribution in [-0.4, -0.2) is 52.4 Å². The summed E-state index contributed by atoms with van der Waals surface area (Å²) >= 11 is 1.67. The lowest BCUT2D eigenvalue weighted by Crippen LogP contribution is -2.38. The highest BCUT2D eigenvalue weighted by Gasteiger charge is 2.33. The van der Waals surface area contributed by atoms with Gasteiger partial charge in [-0.3, -0.25) is 0 Å². The number of para-hydroxylation sites is 1. The van der Waals surface area contributed by atoms with E-state index in [9.17, 15) is 16.8 Å². The Balaban J connectivity index is 1.30. The molecule has 2 aliphatic rings. The molecule has 1 saturated heterocycles. The first-order chi connectivity index (χ1) is 17.8. The molecule has 200 valence electrons. The normalized spacial score (nSPS) is 19.2. The summed E-state index contributed by atoms with van der Waals surface area (Å²) < 4.78 is 64.0. The number of rotatable bonds is 7. The molecule has 2 aromatic carbocycles. The van der Waals surface area contributed by atoms with E-state index in [0.29, 0.717) is 25.9 Å². The number of fused-ring (bicyclic) bond motifs is 1. The summed E-state index contributed by atoms with van der Waals surface area (Å²) in [6.45, 7) is 0.767. The van der Waals surface area contributed by atoms with Gasteiger partial charge >= 0.3 is 0 Å². The van der Waals surface area contributed by atoms with Crippen molar-refractivity contribution in [1.82, 2.24) is 14.0 Å². The van der Waals surface area contributed by atoms with Gasteiger partial charge in [-0.1, -0.05) is 37.8 Å². The fourth-order valence-corrected chi connectivity index (χ4v) is 9.35. The van der Waals surface area contributed by atoms with Crippen molar-refractivity contribution in [3.05, 3.63) is 47.5 Å². The number of ether oxygens (including phenoxy) is 1. The average Bonchev–Trinajstić information content (AvgIpc) is 3.18. The van der Waals surface area contributed by atoms with Crippen molar-refractivity contribution in [1.29, 1.82) is 0 Å². The monoisotopic (exact) mass is 563 g/mol. The van der Waals surface area contributed by atoms with Gasteiger partial charge in [0.05, 0.1) is 27.2 Å². The van der Waals surface area contributed by atoms with Crippen molar-refractivity contribution in [3.63, 3.8) is 0 Å². The van der Waals surface area contributed by atoms with Crippen LogP contribution in [0.4, 0.5) is 0 Å². The minimum Gasteiger partial charge on any atom is -0.495 e. The highest BCUT2D eigenvalue weighted by atomic mass is 32.2. The lowest BCUT2D eigenvalue weighted by Gasteiger charge is -2.30. The Hall–Kier alpha value is -2.05. The van der Waals surface area contributed by atoms with E-state index < -0.39 is 20.0 Å². The van der Waals surface area contributed by atoms with Gasteiger partial charge in [0.1, 0.15) is 10.6 Å². The molecule has 2 heterocycles. The molecule has 3 aromatic rings. The van der Waals surface area contributed by atoms with Crippen LogP contribution in [0, 0.1) is 0 Å². The third kappa shape index (κ3) is 5.70. The van der Waals surface area contributed by atoms with Gasteiger partial charge in [0.15, 0.2) is 0 Å². The number of nitrogens with zero attached hydrogens (tertiary/aromatic N) is 2. The van der Waals surface area contributed by atoms with Crippen molar-refractivity contribution in [2.75, 3.05) is 20.2 Å². The minimum absolute atomic E-state index is 0.0339. The van der Waals surface area contributed by atoms with Crippen LogP contribution in [0.3, 0.4) is 0 Å². The highest BCUT2D eigenvalue weighted by Crippen LogP contribution is 2.36. The molecule has 0 atom stereocenters. The van der Waals surface area contributed by atoms with Crippen LogP contribution < -0.4 is 9.46 Å². The Kier molecular flexibility index (Phi) is 7.88. The molecular formula is C26H33N3O5S3. The quantitative estimate of drug-likeness (QED) is 0.411. The second-order valence-electron chi connectivity index (χ2n) is 9.82. The fraction of sp³-hybridized carbons (Fsp3) is 0.500. The lowest BCUT2D eigenvalue weighted by molar-refractivity contribution is 0.319. The number of methoxy groups -OCH3 is 1. The Morgan fingerprint density at radius 2 is 1.65 bits per heavy atom. The number of piperidine rings is 1. The van der Waals surface area contributed by atoms with Crippen LogP contribution in [0.1, 0.15) is 62.3 Å². The lowest BCUT2D eigenvalue weighted by atomic mass is 9.99. The van der Waals surface area contributed by atoms with E-state index in [4.69, 9.17) is 9.72 Å². The highest BCUT2D eigenvalue weighted by molar-refractivity contribution is 7.90. The van der Waals surface area contributed by atoms with E-state index in [1.165, 1.54) is 29.6 Å². The molecule has 0 unspecified atom stereocenters. The van der Waals surface area contributed by atoms with Gasteiger partial charge in [0.25, 0.3) is 0 Å². The van der Waals surface area contributed by atoms with Crippen molar-refractivity contribution in [2.45, 2.75) is 73.1 Å². The van der Waals surface area contributed by atoms with E-state index in [0.717, 1.165) is 53.7 Å². The maximum absolute atomic E-state index is 13.4. The molecular weight excluding hydrogens is 531 g/mol. The Bertz CT molecular complexity index is 1420. The first-order valence-corrected chi connectivity index (χ1v) is 16.6. The standard InChI is InChI=1S/C26H33N3O5S3/c1-34-23-18-21(12-13-25(23)36(30,31)28-20-8-4-2-3-5-9-20)37(32,33)29-16-14-19(15-17-29)26-27-22-10-6-7-11-24(22)35-26/h6-7,10-13,18-20,28H,2-5,8-9,14-17H2,1H3. The van der Waals surface area contributed by atoms with Crippen LogP contribution >= 0.6 is 11.3 Å². The van der Waals surface area contributed by atoms with Gasteiger partial charge in [0.2, 0.25) is 20.0 Å². The summed E-state index contributed by atoms with van der Waals surface area (Å²) in [6.07, 6.45) is 7.22. The predicted molar refractivity (Wildman–Crippen MR) is 145 cm³/mol. The molecule has 0 amide bonds. The van der Waals surface area contributed by atoms with Gasteiger partial charge < -0.3 is 4.74 Å². The van der Waals surface area contributed by atoms with Crippen molar-refractivity contribution in [3.8, 4) is 5.75 Å². The number of sulfonamides is 2. The van der Waals surface area contributed by atoms with Crippen LogP contribution in [0.25, 0.3) is 10.2 Å². The summed E-state index contributed by atoms with van der Waals surface area (Å²) in [5, 5.41) is 1.05. The third-order valence-corrected chi connectivity index (χ3v) is 12.0. The molecule has 37 heavy (non-hydrogen) atoms. The molecule has 1 saturated carbocycles. The fourth-order valence-electron chi connectivity index (χ4n) is 5.27. The Morgan fingerprint density at radius 1 is 0.946 bits per heavy atom. The number of hydrogen-bond donors (Lipinski definition) is 1. The van der Waals surface area contributed by atoms with Gasteiger partial charge in [-0.15, -0.1) is 11.3 Å². The minimum atomic E-state index is -3.84. The topological polar surface area (TPSA) is 106 Å². The summed E-state index contributed by atoms with van der Waals surface area (Å²) in [4.78, 5) is 4.76. The van der Waals surface area contributed by atoms with Gasteiger partial charge in [-0.05, 0) is 49.9 Å². The number of thiazole rings is 1. The molecule has 1 aliphatic carbocycles. The third-order valence-electron chi connectivity index (χ3n) is 7.35. The summed E-state index contributed by atoms with van der Waals surface area (Å²) in [5.74, 6) is 0.257. The van der Waals surface area contributed by atoms with E-state index >= 15 is 0 Å². The van der Waals surface area contributed by atoms with E-state index in [1.807, 2.05) is 18.2 Å². The van der Waals surface area contributed by atoms with Crippen LogP contribution in [0.5, 0.6) is 5.75 Å². The number of aromatic nitrogens is 1. The van der Waals surface area contributed by atoms with E-state index in [1.54, 1.807) is 11.3 Å². The summed E-state index contributed by atoms with van der Waals surface area (Å²) in [6, 6.07) is 12.0. The molecule has 1 aliphatic heterocycles. The maximum atomic E-state index is 13.4. The first kappa shape index (κ1) is 26.6. The predicted octanol–water partition coefficient (Wildman–Crippen LogP) is 4.87. The second kappa shape index (κ2) is 11.0. The molecule has 2 fully saturated rings. The Morgan fingerprint density at radius 3 is 2.32 bits per heavy atom. The number of hydrogen-bond acceptors (Lipinski definition) is 7. The summed E-state index contributed by atoms with van der Waals surface area (Å²) in [5.41, 5.74) is 0.980. The maximum Gasteiger partial charge on any atom is 0.244 e. The van der Waals surface area contributed by atoms with Crippen LogP contribution in [-0.2, 0) is 20.0 Å². The molecule has 11 heteroatoms. The molecule has 8 nitrogen and oxygen atoms in total. The molecule has 1 aromatic heterocycles. The zero-order valence-corrected chi connectivity index (χ0v) is 23.4. The second-order valence-corrected chi connectivity index (χ2v) is 14.5. The van der Waals surface area contributed by atoms with Crippen molar-refractivity contribution in [2.24, 2.45) is 0 Å².